The fourth-order valence-corrected chi connectivity index (χ4v) is 6.01. The van der Waals surface area contributed by atoms with Crippen LogP contribution in [0, 0.1) is 23.7 Å². The molecule has 2 heterocycles. The monoisotopic (exact) mass is 462 g/mol. The van der Waals surface area contributed by atoms with Crippen LogP contribution in [0.4, 0.5) is 5.00 Å². The van der Waals surface area contributed by atoms with Gasteiger partial charge < -0.3 is 10.1 Å². The van der Waals surface area contributed by atoms with E-state index in [0.717, 1.165) is 11.3 Å². The van der Waals surface area contributed by atoms with Crippen molar-refractivity contribution in [3.05, 3.63) is 16.0 Å². The first kappa shape index (κ1) is 24.1. The summed E-state index contributed by atoms with van der Waals surface area (Å²) in [5.41, 5.74) is -0.413. The molecule has 0 radical (unpaired) electrons. The van der Waals surface area contributed by atoms with Crippen LogP contribution < -0.4 is 5.32 Å². The van der Waals surface area contributed by atoms with E-state index in [1.807, 2.05) is 20.8 Å². The number of imide groups is 1. The van der Waals surface area contributed by atoms with Crippen molar-refractivity contribution < 1.29 is 28.7 Å². The van der Waals surface area contributed by atoms with Crippen molar-refractivity contribution in [2.24, 2.45) is 16.7 Å². The molecule has 1 saturated carbocycles. The molecule has 1 aromatic rings. The van der Waals surface area contributed by atoms with Gasteiger partial charge in [0.1, 0.15) is 5.00 Å². The number of carbonyl (C=O) groups is 5. The van der Waals surface area contributed by atoms with Gasteiger partial charge in [0.25, 0.3) is 0 Å². The zero-order valence-corrected chi connectivity index (χ0v) is 20.2. The average molecular weight is 463 g/mol. The van der Waals surface area contributed by atoms with Crippen molar-refractivity contribution in [2.45, 2.75) is 60.8 Å². The van der Waals surface area contributed by atoms with Crippen molar-refractivity contribution in [3.63, 3.8) is 0 Å². The van der Waals surface area contributed by atoms with Gasteiger partial charge in [-0.1, -0.05) is 20.8 Å². The van der Waals surface area contributed by atoms with E-state index in [9.17, 15) is 24.0 Å². The molecule has 2 atom stereocenters. The maximum atomic E-state index is 13.1. The van der Waals surface area contributed by atoms with Crippen LogP contribution in [-0.2, 0) is 19.1 Å². The number of Topliss-reactive ketones (excluding diaryl/α,β-unsaturated/α-hetero) is 1. The highest BCUT2D eigenvalue weighted by Gasteiger charge is 2.64. The molecule has 0 aromatic carbocycles. The highest BCUT2D eigenvalue weighted by molar-refractivity contribution is 7.18. The van der Waals surface area contributed by atoms with Crippen LogP contribution in [0.15, 0.2) is 0 Å². The van der Waals surface area contributed by atoms with Crippen LogP contribution in [0.1, 0.15) is 79.5 Å². The minimum atomic E-state index is -0.625. The van der Waals surface area contributed by atoms with Crippen LogP contribution in [0.3, 0.4) is 0 Å². The number of amides is 3. The number of piperidine rings is 1. The van der Waals surface area contributed by atoms with Crippen molar-refractivity contribution in [3.8, 4) is 0 Å². The third kappa shape index (κ3) is 3.66. The molecule has 1 saturated heterocycles. The second kappa shape index (κ2) is 8.42. The summed E-state index contributed by atoms with van der Waals surface area (Å²) in [6, 6.07) is 0. The maximum absolute atomic E-state index is 13.1. The van der Waals surface area contributed by atoms with E-state index in [4.69, 9.17) is 4.74 Å². The van der Waals surface area contributed by atoms with Gasteiger partial charge in [0.05, 0.1) is 22.5 Å². The molecule has 1 aliphatic heterocycles. The SMILES string of the molecule is CCOC(=O)c1c(NC(=O)CCN2C(=O)C3CCC(C)(C2=O)C3(C)C)sc(C(C)=O)c1C. The molecule has 32 heavy (non-hydrogen) atoms. The first-order chi connectivity index (χ1) is 14.9. The first-order valence-electron chi connectivity index (χ1n) is 10.8. The molecule has 1 aromatic heterocycles. The predicted octanol–water partition coefficient (Wildman–Crippen LogP) is 3.58. The Morgan fingerprint density at radius 2 is 1.88 bits per heavy atom. The van der Waals surface area contributed by atoms with Gasteiger partial charge in [0.15, 0.2) is 5.78 Å². The van der Waals surface area contributed by atoms with Crippen molar-refractivity contribution in [1.29, 1.82) is 0 Å². The Bertz CT molecular complexity index is 1010. The Balaban J connectivity index is 1.75. The Morgan fingerprint density at radius 3 is 2.47 bits per heavy atom. The normalized spacial score (nSPS) is 23.9. The lowest BCUT2D eigenvalue weighted by Gasteiger charge is -2.47. The second-order valence-electron chi connectivity index (χ2n) is 9.28. The van der Waals surface area contributed by atoms with Gasteiger partial charge in [-0.2, -0.15) is 0 Å². The van der Waals surface area contributed by atoms with Crippen LogP contribution in [0.5, 0.6) is 0 Å². The molecule has 2 fully saturated rings. The molecular formula is C23H30N2O6S. The zero-order valence-electron chi connectivity index (χ0n) is 19.4. The molecule has 0 spiro atoms. The highest BCUT2D eigenvalue weighted by Crippen LogP contribution is 2.60. The predicted molar refractivity (Wildman–Crippen MR) is 120 cm³/mol. The number of hydrogen-bond donors (Lipinski definition) is 1. The van der Waals surface area contributed by atoms with E-state index in [1.54, 1.807) is 13.8 Å². The Labute approximate surface area is 191 Å². The number of ketones is 1. The second-order valence-corrected chi connectivity index (χ2v) is 10.3. The van der Waals surface area contributed by atoms with Crippen molar-refractivity contribution >= 4 is 45.8 Å². The van der Waals surface area contributed by atoms with Crippen LogP contribution in [-0.4, -0.2) is 47.5 Å². The smallest absolute Gasteiger partial charge is 0.341 e. The number of carbonyl (C=O) groups excluding carboxylic acids is 5. The summed E-state index contributed by atoms with van der Waals surface area (Å²) in [6.07, 6.45) is 1.22. The minimum absolute atomic E-state index is 0.0235. The molecule has 8 nitrogen and oxygen atoms in total. The van der Waals surface area contributed by atoms with Gasteiger partial charge in [0.2, 0.25) is 17.7 Å². The van der Waals surface area contributed by atoms with E-state index in [2.05, 4.69) is 5.32 Å². The standard InChI is InChI=1S/C23H30N2O6S/c1-7-31-20(29)16-12(2)17(13(3)26)32-18(16)24-15(27)9-11-25-19(28)14-8-10-23(6,21(25)30)22(14,4)5/h14H,7-11H2,1-6H3,(H,24,27). The molecule has 9 heteroatoms. The summed E-state index contributed by atoms with van der Waals surface area (Å²) in [5, 5.41) is 2.91. The minimum Gasteiger partial charge on any atom is -0.462 e. The van der Waals surface area contributed by atoms with Crippen molar-refractivity contribution in [1.82, 2.24) is 4.90 Å². The maximum Gasteiger partial charge on any atom is 0.341 e. The number of nitrogens with one attached hydrogen (secondary N) is 1. The van der Waals surface area contributed by atoms with Gasteiger partial charge in [-0.25, -0.2) is 4.79 Å². The first-order valence-corrected chi connectivity index (χ1v) is 11.7. The average Bonchev–Trinajstić information content (AvgIpc) is 3.11. The number of esters is 1. The number of nitrogens with zero attached hydrogens (tertiary/aromatic N) is 1. The van der Waals surface area contributed by atoms with Crippen LogP contribution in [0.25, 0.3) is 0 Å². The summed E-state index contributed by atoms with van der Waals surface area (Å²) in [6.45, 7) is 10.7. The van der Waals surface area contributed by atoms with Crippen molar-refractivity contribution in [2.75, 3.05) is 18.5 Å². The lowest BCUT2D eigenvalue weighted by molar-refractivity contribution is -0.167. The number of hydrogen-bond acceptors (Lipinski definition) is 7. The third-order valence-electron chi connectivity index (χ3n) is 7.27. The van der Waals surface area contributed by atoms with E-state index >= 15 is 0 Å². The summed E-state index contributed by atoms with van der Waals surface area (Å²) < 4.78 is 5.08. The van der Waals surface area contributed by atoms with Gasteiger partial charge >= 0.3 is 5.97 Å². The third-order valence-corrected chi connectivity index (χ3v) is 8.58. The molecular weight excluding hydrogens is 432 g/mol. The number of fused-ring (bicyclic) bond motifs is 2. The molecule has 1 N–H and O–H groups in total. The number of likely N-dealkylation sites (tertiary alicyclic amines) is 1. The van der Waals surface area contributed by atoms with Gasteiger partial charge in [-0.3, -0.25) is 24.1 Å². The lowest BCUT2D eigenvalue weighted by atomic mass is 9.62. The van der Waals surface area contributed by atoms with E-state index in [0.29, 0.717) is 23.3 Å². The molecule has 2 unspecified atom stereocenters. The number of thiophene rings is 1. The van der Waals surface area contributed by atoms with E-state index in [1.165, 1.54) is 11.8 Å². The molecule has 2 bridgehead atoms. The lowest BCUT2D eigenvalue weighted by Crippen LogP contribution is -2.59. The Kier molecular flexibility index (Phi) is 6.34. The number of anilines is 1. The molecule has 3 rings (SSSR count). The molecule has 2 aliphatic rings. The van der Waals surface area contributed by atoms with Crippen LogP contribution in [0.2, 0.25) is 0 Å². The fourth-order valence-electron chi connectivity index (χ4n) is 4.90. The van der Waals surface area contributed by atoms with Gasteiger partial charge in [-0.05, 0) is 44.6 Å². The summed E-state index contributed by atoms with van der Waals surface area (Å²) in [5.74, 6) is -1.96. The van der Waals surface area contributed by atoms with E-state index in [-0.39, 0.29) is 53.7 Å². The summed E-state index contributed by atoms with van der Waals surface area (Å²) >= 11 is 1.02. The highest BCUT2D eigenvalue weighted by atomic mass is 32.1. The van der Waals surface area contributed by atoms with E-state index < -0.39 is 22.7 Å². The molecule has 3 amide bonds. The van der Waals surface area contributed by atoms with Gasteiger partial charge in [-0.15, -0.1) is 11.3 Å². The fraction of sp³-hybridized carbons (Fsp3) is 0.609. The molecule has 174 valence electrons. The quantitative estimate of drug-likeness (QED) is 0.377. The largest absolute Gasteiger partial charge is 0.462 e. The molecule has 1 aliphatic carbocycles. The topological polar surface area (TPSA) is 110 Å². The summed E-state index contributed by atoms with van der Waals surface area (Å²) in [7, 11) is 0. The van der Waals surface area contributed by atoms with Gasteiger partial charge in [0, 0.05) is 18.9 Å². The number of ether oxygens (including phenoxy) is 1. The Morgan fingerprint density at radius 1 is 1.22 bits per heavy atom. The summed E-state index contributed by atoms with van der Waals surface area (Å²) in [4.78, 5) is 64.6. The number of rotatable bonds is 7. The zero-order chi connectivity index (χ0) is 24.0. The van der Waals surface area contributed by atoms with Crippen LogP contribution >= 0.6 is 11.3 Å². The Hall–Kier alpha value is -2.55.